The Morgan fingerprint density at radius 3 is 2.70 bits per heavy atom. The SMILES string of the molecule is CCC(CCCN)CN=O. The van der Waals surface area contributed by atoms with E-state index in [9.17, 15) is 4.91 Å². The number of nitrogens with zero attached hydrogens (tertiary/aromatic N) is 1. The molecule has 0 heterocycles. The summed E-state index contributed by atoms with van der Waals surface area (Å²) < 4.78 is 0. The Morgan fingerprint density at radius 2 is 2.30 bits per heavy atom. The summed E-state index contributed by atoms with van der Waals surface area (Å²) in [5.74, 6) is 0.459. The molecule has 0 aliphatic heterocycles. The quantitative estimate of drug-likeness (QED) is 0.574. The first kappa shape index (κ1) is 9.56. The molecule has 0 saturated carbocycles. The van der Waals surface area contributed by atoms with E-state index in [0.717, 1.165) is 25.8 Å². The molecule has 1 unspecified atom stereocenters. The van der Waals surface area contributed by atoms with Crippen LogP contribution in [-0.4, -0.2) is 13.1 Å². The lowest BCUT2D eigenvalue weighted by atomic mass is 10.0. The van der Waals surface area contributed by atoms with Gasteiger partial charge in [0.15, 0.2) is 0 Å². The van der Waals surface area contributed by atoms with E-state index in [2.05, 4.69) is 12.1 Å². The average Bonchev–Trinajstić information content (AvgIpc) is 1.98. The maximum Gasteiger partial charge on any atom is 0.0839 e. The van der Waals surface area contributed by atoms with Gasteiger partial charge in [-0.1, -0.05) is 18.5 Å². The van der Waals surface area contributed by atoms with Crippen LogP contribution in [-0.2, 0) is 0 Å². The first-order valence-corrected chi connectivity index (χ1v) is 3.84. The average molecular weight is 144 g/mol. The molecule has 2 N–H and O–H groups in total. The lowest BCUT2D eigenvalue weighted by Gasteiger charge is -2.07. The topological polar surface area (TPSA) is 55.4 Å². The Morgan fingerprint density at radius 1 is 1.60 bits per heavy atom. The number of nitrogens with two attached hydrogens (primary N) is 1. The van der Waals surface area contributed by atoms with Crippen LogP contribution in [0, 0.1) is 10.8 Å². The highest BCUT2D eigenvalue weighted by Gasteiger charge is 2.04. The molecule has 0 aliphatic carbocycles. The summed E-state index contributed by atoms with van der Waals surface area (Å²) in [6, 6.07) is 0. The van der Waals surface area contributed by atoms with Gasteiger partial charge in [-0.3, -0.25) is 0 Å². The van der Waals surface area contributed by atoms with Gasteiger partial charge in [0.25, 0.3) is 0 Å². The van der Waals surface area contributed by atoms with Gasteiger partial charge in [0.1, 0.15) is 0 Å². The highest BCUT2D eigenvalue weighted by Crippen LogP contribution is 2.09. The van der Waals surface area contributed by atoms with E-state index < -0.39 is 0 Å². The van der Waals surface area contributed by atoms with E-state index in [-0.39, 0.29) is 0 Å². The zero-order valence-electron chi connectivity index (χ0n) is 6.55. The molecule has 3 heteroatoms. The standard InChI is InChI=1S/C7H16N2O/c1-2-7(6-9-10)4-3-5-8/h7H,2-6,8H2,1H3. The Bertz CT molecular complexity index is 85.7. The van der Waals surface area contributed by atoms with Gasteiger partial charge in [-0.25, -0.2) is 0 Å². The molecular formula is C7H16N2O. The van der Waals surface area contributed by atoms with Crippen LogP contribution in [0.3, 0.4) is 0 Å². The van der Waals surface area contributed by atoms with Gasteiger partial charge >= 0.3 is 0 Å². The van der Waals surface area contributed by atoms with Crippen molar-refractivity contribution in [3.8, 4) is 0 Å². The van der Waals surface area contributed by atoms with Gasteiger partial charge in [0.05, 0.1) is 6.54 Å². The molecule has 0 fully saturated rings. The van der Waals surface area contributed by atoms with E-state index in [0.29, 0.717) is 12.5 Å². The number of hydrogen-bond acceptors (Lipinski definition) is 3. The third kappa shape index (κ3) is 4.44. The van der Waals surface area contributed by atoms with Crippen molar-refractivity contribution in [1.82, 2.24) is 0 Å². The number of hydrogen-bond donors (Lipinski definition) is 1. The molecule has 0 radical (unpaired) electrons. The predicted octanol–water partition coefficient (Wildman–Crippen LogP) is 1.52. The second kappa shape index (κ2) is 6.68. The zero-order valence-corrected chi connectivity index (χ0v) is 6.55. The largest absolute Gasteiger partial charge is 0.330 e. The van der Waals surface area contributed by atoms with Crippen molar-refractivity contribution in [2.75, 3.05) is 13.1 Å². The van der Waals surface area contributed by atoms with Gasteiger partial charge in [-0.05, 0) is 25.3 Å². The van der Waals surface area contributed by atoms with Crippen LogP contribution in [0.15, 0.2) is 5.18 Å². The first-order valence-electron chi connectivity index (χ1n) is 3.84. The van der Waals surface area contributed by atoms with Crippen LogP contribution >= 0.6 is 0 Å². The lowest BCUT2D eigenvalue weighted by Crippen LogP contribution is -2.07. The summed E-state index contributed by atoms with van der Waals surface area (Å²) >= 11 is 0. The molecule has 0 rings (SSSR count). The molecule has 60 valence electrons. The zero-order chi connectivity index (χ0) is 7.82. The predicted molar refractivity (Wildman–Crippen MR) is 42.7 cm³/mol. The summed E-state index contributed by atoms with van der Waals surface area (Å²) in [5, 5.41) is 2.87. The van der Waals surface area contributed by atoms with Gasteiger partial charge < -0.3 is 5.73 Å². The van der Waals surface area contributed by atoms with Crippen molar-refractivity contribution in [2.24, 2.45) is 16.8 Å². The fourth-order valence-corrected chi connectivity index (χ4v) is 0.936. The molecule has 0 aromatic carbocycles. The molecule has 0 aromatic rings. The molecule has 1 atom stereocenters. The van der Waals surface area contributed by atoms with Crippen LogP contribution in [0.4, 0.5) is 0 Å². The molecular weight excluding hydrogens is 128 g/mol. The monoisotopic (exact) mass is 144 g/mol. The summed E-state index contributed by atoms with van der Waals surface area (Å²) in [7, 11) is 0. The van der Waals surface area contributed by atoms with Crippen molar-refractivity contribution in [3.05, 3.63) is 4.91 Å². The van der Waals surface area contributed by atoms with E-state index in [1.54, 1.807) is 0 Å². The Kier molecular flexibility index (Phi) is 6.38. The Hall–Kier alpha value is -0.440. The maximum absolute atomic E-state index is 9.86. The third-order valence-corrected chi connectivity index (χ3v) is 1.73. The van der Waals surface area contributed by atoms with E-state index in [1.807, 2.05) is 0 Å². The molecule has 0 aromatic heterocycles. The van der Waals surface area contributed by atoms with Crippen LogP contribution in [0.25, 0.3) is 0 Å². The molecule has 0 amide bonds. The molecule has 0 bridgehead atoms. The second-order valence-corrected chi connectivity index (χ2v) is 2.52. The second-order valence-electron chi connectivity index (χ2n) is 2.52. The van der Waals surface area contributed by atoms with Crippen molar-refractivity contribution < 1.29 is 0 Å². The fourth-order valence-electron chi connectivity index (χ4n) is 0.936. The van der Waals surface area contributed by atoms with Gasteiger partial charge in [-0.15, -0.1) is 0 Å². The van der Waals surface area contributed by atoms with Crippen molar-refractivity contribution >= 4 is 0 Å². The highest BCUT2D eigenvalue weighted by atomic mass is 16.3. The van der Waals surface area contributed by atoms with E-state index in [1.165, 1.54) is 0 Å². The summed E-state index contributed by atoms with van der Waals surface area (Å²) in [5.41, 5.74) is 5.32. The minimum atomic E-state index is 0.455. The summed E-state index contributed by atoms with van der Waals surface area (Å²) in [6.45, 7) is 3.25. The third-order valence-electron chi connectivity index (χ3n) is 1.73. The van der Waals surface area contributed by atoms with Crippen LogP contribution in [0.5, 0.6) is 0 Å². The fraction of sp³-hybridized carbons (Fsp3) is 1.00. The van der Waals surface area contributed by atoms with Crippen LogP contribution < -0.4 is 5.73 Å². The molecule has 0 saturated heterocycles. The van der Waals surface area contributed by atoms with E-state index in [4.69, 9.17) is 5.73 Å². The van der Waals surface area contributed by atoms with E-state index >= 15 is 0 Å². The highest BCUT2D eigenvalue weighted by molar-refractivity contribution is 4.59. The van der Waals surface area contributed by atoms with Gasteiger partial charge in [-0.2, -0.15) is 4.91 Å². The number of rotatable bonds is 6. The molecule has 0 aliphatic rings. The van der Waals surface area contributed by atoms with Crippen molar-refractivity contribution in [2.45, 2.75) is 26.2 Å². The van der Waals surface area contributed by atoms with Gasteiger partial charge in [0, 0.05) is 0 Å². The van der Waals surface area contributed by atoms with Gasteiger partial charge in [0.2, 0.25) is 0 Å². The number of nitroso groups, excluding NO2 is 1. The maximum atomic E-state index is 9.86. The molecule has 10 heavy (non-hydrogen) atoms. The summed E-state index contributed by atoms with van der Waals surface area (Å²) in [4.78, 5) is 9.86. The van der Waals surface area contributed by atoms with Crippen molar-refractivity contribution in [1.29, 1.82) is 0 Å². The van der Waals surface area contributed by atoms with Crippen LogP contribution in [0.2, 0.25) is 0 Å². The Labute approximate surface area is 62.0 Å². The molecule has 0 spiro atoms. The normalized spacial score (nSPS) is 13.0. The Balaban J connectivity index is 3.29. The minimum absolute atomic E-state index is 0.455. The summed E-state index contributed by atoms with van der Waals surface area (Å²) in [6.07, 6.45) is 3.08. The van der Waals surface area contributed by atoms with Crippen LogP contribution in [0.1, 0.15) is 26.2 Å². The lowest BCUT2D eigenvalue weighted by molar-refractivity contribution is 0.468. The smallest absolute Gasteiger partial charge is 0.0839 e. The first-order chi connectivity index (χ1) is 4.85. The minimum Gasteiger partial charge on any atom is -0.330 e. The molecule has 3 nitrogen and oxygen atoms in total. The van der Waals surface area contributed by atoms with Crippen molar-refractivity contribution in [3.63, 3.8) is 0 Å².